The average molecular weight is 634 g/mol. The fraction of sp³-hybridized carbons (Fsp3) is 0.436. The summed E-state index contributed by atoms with van der Waals surface area (Å²) in [6.07, 6.45) is 4.64. The van der Waals surface area contributed by atoms with Crippen molar-refractivity contribution < 1.29 is 24.2 Å². The van der Waals surface area contributed by atoms with E-state index in [4.69, 9.17) is 14.8 Å². The van der Waals surface area contributed by atoms with Crippen molar-refractivity contribution in [3.63, 3.8) is 0 Å². The quantitative estimate of drug-likeness (QED) is 0.262. The minimum Gasteiger partial charge on any atom is -0.489 e. The molecule has 1 heterocycles. The summed E-state index contributed by atoms with van der Waals surface area (Å²) in [6.45, 7) is 7.46. The summed E-state index contributed by atoms with van der Waals surface area (Å²) in [4.78, 5) is 45.8. The summed E-state index contributed by atoms with van der Waals surface area (Å²) in [7, 11) is 0. The molecule has 2 amide bonds. The monoisotopic (exact) mass is 633 g/mol. The van der Waals surface area contributed by atoms with Crippen molar-refractivity contribution in [3.05, 3.63) is 101 Å². The van der Waals surface area contributed by atoms with Crippen LogP contribution in [0.15, 0.2) is 83.9 Å². The molecule has 1 spiro atoms. The van der Waals surface area contributed by atoms with Crippen LogP contribution in [-0.2, 0) is 21.7 Å². The van der Waals surface area contributed by atoms with Gasteiger partial charge in [0.1, 0.15) is 23.7 Å². The molecular weight excluding hydrogens is 590 g/mol. The largest absolute Gasteiger partial charge is 0.489 e. The van der Waals surface area contributed by atoms with Crippen molar-refractivity contribution in [3.8, 4) is 5.75 Å². The van der Waals surface area contributed by atoms with Crippen molar-refractivity contribution in [2.75, 3.05) is 6.54 Å². The highest BCUT2D eigenvalue weighted by atomic mass is 16.5. The first kappa shape index (κ1) is 31.2. The minimum atomic E-state index is -0.954. The second-order valence-corrected chi connectivity index (χ2v) is 14.8. The van der Waals surface area contributed by atoms with Crippen LogP contribution >= 0.6 is 0 Å². The molecule has 2 N–H and O–H groups in total. The molecule has 8 nitrogen and oxygen atoms in total. The molecule has 0 saturated heterocycles. The van der Waals surface area contributed by atoms with Crippen molar-refractivity contribution in [1.82, 2.24) is 10.2 Å². The van der Waals surface area contributed by atoms with Gasteiger partial charge < -0.3 is 20.1 Å². The number of aliphatic imine (C=N–C) groups is 1. The maximum Gasteiger partial charge on any atom is 0.305 e. The number of hydrogen-bond donors (Lipinski definition) is 2. The Morgan fingerprint density at radius 3 is 2.19 bits per heavy atom. The number of fused-ring (bicyclic) bond motifs is 1. The summed E-state index contributed by atoms with van der Waals surface area (Å²) >= 11 is 0. The Balaban J connectivity index is 1.16. The number of carboxylic acid groups (broad SMARTS) is 1. The molecule has 0 radical (unpaired) electrons. The van der Waals surface area contributed by atoms with Crippen molar-refractivity contribution in [2.45, 2.75) is 77.1 Å². The van der Waals surface area contributed by atoms with Crippen molar-refractivity contribution in [1.29, 1.82) is 0 Å². The van der Waals surface area contributed by atoms with Crippen LogP contribution in [-0.4, -0.2) is 45.7 Å². The third-order valence-corrected chi connectivity index (χ3v) is 10.9. The predicted molar refractivity (Wildman–Crippen MR) is 179 cm³/mol. The van der Waals surface area contributed by atoms with E-state index in [0.29, 0.717) is 35.6 Å². The minimum absolute atomic E-state index is 0.0140. The molecule has 4 aliphatic rings. The first-order chi connectivity index (χ1) is 22.5. The number of carbonyl (C=O) groups excluding carboxylic acids is 2. The summed E-state index contributed by atoms with van der Waals surface area (Å²) in [5.41, 5.74) is 3.11. The van der Waals surface area contributed by atoms with E-state index >= 15 is 0 Å². The van der Waals surface area contributed by atoms with E-state index in [-0.39, 0.29) is 30.2 Å². The van der Waals surface area contributed by atoms with Crippen LogP contribution in [0.3, 0.4) is 0 Å². The second kappa shape index (κ2) is 11.7. The van der Waals surface area contributed by atoms with Crippen LogP contribution in [0.5, 0.6) is 5.75 Å². The fourth-order valence-electron chi connectivity index (χ4n) is 8.11. The van der Waals surface area contributed by atoms with Crippen LogP contribution in [0, 0.1) is 23.2 Å². The molecular formula is C39H43N3O5. The lowest BCUT2D eigenvalue weighted by Crippen LogP contribution is -2.57. The van der Waals surface area contributed by atoms with E-state index in [1.54, 1.807) is 12.1 Å². The van der Waals surface area contributed by atoms with Gasteiger partial charge in [-0.05, 0) is 103 Å². The zero-order valence-electron chi connectivity index (χ0n) is 27.4. The molecule has 2 unspecified atom stereocenters. The van der Waals surface area contributed by atoms with Gasteiger partial charge in [0.25, 0.3) is 11.8 Å². The molecule has 7 rings (SSSR count). The maximum atomic E-state index is 14.7. The number of nitrogens with one attached hydrogen (secondary N) is 1. The standard InChI is InChI=1S/C39H43N3O5/c1-37(2,3)28-17-20-38(21-18-28)41-34(26-11-15-30(16-12-26)47-24-25-7-5-4-6-8-25)36(46)42(38)39(31-23-32(31)39)29-13-9-27(10-14-29)35(45)40-22-19-33(43)44/h4-16,28,31-32H,17-24H2,1-3H3,(H,40,45)(H,43,44). The lowest BCUT2D eigenvalue weighted by atomic mass is 9.69. The van der Waals surface area contributed by atoms with E-state index < -0.39 is 17.2 Å². The summed E-state index contributed by atoms with van der Waals surface area (Å²) in [5, 5.41) is 11.6. The Kier molecular flexibility index (Phi) is 7.72. The van der Waals surface area contributed by atoms with Gasteiger partial charge in [-0.1, -0.05) is 63.2 Å². The van der Waals surface area contributed by atoms with Gasteiger partial charge in [0.15, 0.2) is 0 Å². The SMILES string of the molecule is CC(C)(C)C1CCC2(CC1)N=C(c1ccc(OCc3ccccc3)cc1)C(=O)N2C1(c2ccc(C(=O)NCCC(=O)O)cc2)C2CC21. The Labute approximate surface area is 276 Å². The van der Waals surface area contributed by atoms with Gasteiger partial charge >= 0.3 is 5.97 Å². The molecule has 0 aromatic heterocycles. The predicted octanol–water partition coefficient (Wildman–Crippen LogP) is 6.58. The number of carboxylic acids is 1. The molecule has 1 aliphatic heterocycles. The number of amides is 2. The molecule has 2 atom stereocenters. The van der Waals surface area contributed by atoms with E-state index in [0.717, 1.165) is 54.5 Å². The Morgan fingerprint density at radius 2 is 1.62 bits per heavy atom. The molecule has 47 heavy (non-hydrogen) atoms. The normalized spacial score (nSPS) is 27.6. The third-order valence-electron chi connectivity index (χ3n) is 10.9. The van der Waals surface area contributed by atoms with Gasteiger partial charge in [-0.15, -0.1) is 0 Å². The number of rotatable bonds is 10. The van der Waals surface area contributed by atoms with Crippen LogP contribution in [0.1, 0.15) is 86.3 Å². The van der Waals surface area contributed by atoms with Crippen molar-refractivity contribution in [2.24, 2.45) is 28.2 Å². The van der Waals surface area contributed by atoms with E-state index in [1.807, 2.05) is 66.7 Å². The molecule has 3 aliphatic carbocycles. The van der Waals surface area contributed by atoms with Crippen LogP contribution < -0.4 is 10.1 Å². The Morgan fingerprint density at radius 1 is 0.957 bits per heavy atom. The summed E-state index contributed by atoms with van der Waals surface area (Å²) in [6, 6.07) is 25.3. The second-order valence-electron chi connectivity index (χ2n) is 14.8. The Bertz CT molecular complexity index is 1690. The molecule has 8 heteroatoms. The number of benzene rings is 3. The number of nitrogens with zero attached hydrogens (tertiary/aromatic N) is 2. The average Bonchev–Trinajstić information content (AvgIpc) is 3.97. The first-order valence-corrected chi connectivity index (χ1v) is 16.9. The van der Waals surface area contributed by atoms with Crippen molar-refractivity contribution >= 4 is 23.5 Å². The van der Waals surface area contributed by atoms with E-state index in [9.17, 15) is 14.4 Å². The van der Waals surface area contributed by atoms with Gasteiger partial charge in [-0.25, -0.2) is 0 Å². The fourth-order valence-corrected chi connectivity index (χ4v) is 8.11. The molecule has 3 aromatic rings. The highest BCUT2D eigenvalue weighted by molar-refractivity contribution is 6.47. The Hall–Kier alpha value is -4.46. The number of ether oxygens (including phenoxy) is 1. The highest BCUT2D eigenvalue weighted by Crippen LogP contribution is 2.80. The lowest BCUT2D eigenvalue weighted by Gasteiger charge is -2.49. The third kappa shape index (κ3) is 5.62. The van der Waals surface area contributed by atoms with Gasteiger partial charge in [-0.2, -0.15) is 0 Å². The summed E-state index contributed by atoms with van der Waals surface area (Å²) in [5.74, 6) is 0.820. The lowest BCUT2D eigenvalue weighted by molar-refractivity contribution is -0.138. The molecule has 3 aromatic carbocycles. The van der Waals surface area contributed by atoms with Gasteiger partial charge in [-0.3, -0.25) is 19.4 Å². The summed E-state index contributed by atoms with van der Waals surface area (Å²) < 4.78 is 6.02. The van der Waals surface area contributed by atoms with Gasteiger partial charge in [0, 0.05) is 17.7 Å². The van der Waals surface area contributed by atoms with E-state index in [2.05, 4.69) is 31.0 Å². The molecule has 0 bridgehead atoms. The zero-order valence-corrected chi connectivity index (χ0v) is 27.4. The molecule has 244 valence electrons. The highest BCUT2D eigenvalue weighted by Gasteiger charge is 2.83. The van der Waals surface area contributed by atoms with Gasteiger partial charge in [0.05, 0.1) is 12.0 Å². The smallest absolute Gasteiger partial charge is 0.305 e. The molecule has 3 saturated carbocycles. The number of hydrogen-bond acceptors (Lipinski definition) is 5. The molecule has 3 fully saturated rings. The van der Waals surface area contributed by atoms with E-state index in [1.165, 1.54) is 0 Å². The maximum absolute atomic E-state index is 14.7. The van der Waals surface area contributed by atoms with Gasteiger partial charge in [0.2, 0.25) is 0 Å². The van der Waals surface area contributed by atoms with Crippen LogP contribution in [0.4, 0.5) is 0 Å². The van der Waals surface area contributed by atoms with Crippen LogP contribution in [0.25, 0.3) is 0 Å². The number of aliphatic carboxylic acids is 1. The number of carbonyl (C=O) groups is 3. The first-order valence-electron chi connectivity index (χ1n) is 16.9. The topological polar surface area (TPSA) is 108 Å². The van der Waals surface area contributed by atoms with Crippen LogP contribution in [0.2, 0.25) is 0 Å². The zero-order chi connectivity index (χ0) is 33.0.